The molecular formula is C12H13F2NO4. The molecule has 5 nitrogen and oxygen atoms in total. The van der Waals surface area contributed by atoms with E-state index in [0.717, 1.165) is 12.1 Å². The number of benzene rings is 1. The van der Waals surface area contributed by atoms with Crippen LogP contribution in [-0.2, 0) is 14.3 Å². The molecule has 1 aromatic carbocycles. The van der Waals surface area contributed by atoms with Crippen molar-refractivity contribution in [3.8, 4) is 0 Å². The summed E-state index contributed by atoms with van der Waals surface area (Å²) in [6, 6.07) is 2.36. The smallest absolute Gasteiger partial charge is 0.329 e. The van der Waals surface area contributed by atoms with E-state index in [-0.39, 0.29) is 5.56 Å². The molecule has 0 aliphatic rings. The minimum Gasteiger partial charge on any atom is -0.480 e. The quantitative estimate of drug-likeness (QED) is 0.817. The molecule has 0 bridgehead atoms. The SMILES string of the molecule is CC(NC(=O)COCC(=O)O)c1ccc(F)cc1F. The summed E-state index contributed by atoms with van der Waals surface area (Å²) in [5, 5.41) is 10.7. The van der Waals surface area contributed by atoms with Gasteiger partial charge in [-0.2, -0.15) is 0 Å². The second-order valence-corrected chi connectivity index (χ2v) is 3.84. The first-order chi connectivity index (χ1) is 8.90. The van der Waals surface area contributed by atoms with Crippen molar-refractivity contribution in [2.45, 2.75) is 13.0 Å². The lowest BCUT2D eigenvalue weighted by atomic mass is 10.1. The van der Waals surface area contributed by atoms with Gasteiger partial charge in [-0.05, 0) is 13.0 Å². The predicted octanol–water partition coefficient (Wildman–Crippen LogP) is 1.24. The van der Waals surface area contributed by atoms with Crippen molar-refractivity contribution in [1.29, 1.82) is 0 Å². The summed E-state index contributed by atoms with van der Waals surface area (Å²) in [6.45, 7) is 0.484. The molecule has 1 atom stereocenters. The fourth-order valence-electron chi connectivity index (χ4n) is 1.44. The first kappa shape index (κ1) is 15.0. The lowest BCUT2D eigenvalue weighted by molar-refractivity contribution is -0.143. The molecule has 7 heteroatoms. The van der Waals surface area contributed by atoms with Crippen LogP contribution in [-0.4, -0.2) is 30.2 Å². The molecule has 1 aromatic rings. The Bertz CT molecular complexity index is 479. The number of amides is 1. The van der Waals surface area contributed by atoms with E-state index >= 15 is 0 Å². The summed E-state index contributed by atoms with van der Waals surface area (Å²) < 4.78 is 30.7. The van der Waals surface area contributed by atoms with E-state index in [1.165, 1.54) is 13.0 Å². The van der Waals surface area contributed by atoms with Gasteiger partial charge in [0.05, 0.1) is 6.04 Å². The summed E-state index contributed by atoms with van der Waals surface area (Å²) in [7, 11) is 0. The third kappa shape index (κ3) is 5.01. The molecule has 1 amide bonds. The zero-order chi connectivity index (χ0) is 14.4. The number of carboxylic acids is 1. The van der Waals surface area contributed by atoms with E-state index in [1.54, 1.807) is 0 Å². The van der Waals surface area contributed by atoms with Crippen LogP contribution in [0.1, 0.15) is 18.5 Å². The standard InChI is InChI=1S/C12H13F2NO4/c1-7(9-3-2-8(13)4-10(9)14)15-11(16)5-19-6-12(17)18/h2-4,7H,5-6H2,1H3,(H,15,16)(H,17,18). The normalized spacial score (nSPS) is 11.9. The maximum Gasteiger partial charge on any atom is 0.329 e. The number of carbonyl (C=O) groups excluding carboxylic acids is 1. The van der Waals surface area contributed by atoms with Gasteiger partial charge < -0.3 is 15.2 Å². The number of nitrogens with one attached hydrogen (secondary N) is 1. The van der Waals surface area contributed by atoms with Crippen molar-refractivity contribution in [2.24, 2.45) is 0 Å². The molecule has 0 spiro atoms. The van der Waals surface area contributed by atoms with Gasteiger partial charge in [-0.25, -0.2) is 13.6 Å². The van der Waals surface area contributed by atoms with E-state index in [2.05, 4.69) is 10.1 Å². The maximum absolute atomic E-state index is 13.4. The van der Waals surface area contributed by atoms with Crippen LogP contribution in [0.15, 0.2) is 18.2 Å². The number of rotatable bonds is 6. The Morgan fingerprint density at radius 3 is 2.63 bits per heavy atom. The summed E-state index contributed by atoms with van der Waals surface area (Å²) in [5.74, 6) is -3.24. The van der Waals surface area contributed by atoms with Gasteiger partial charge in [0.25, 0.3) is 0 Å². The highest BCUT2D eigenvalue weighted by Gasteiger charge is 2.14. The van der Waals surface area contributed by atoms with Gasteiger partial charge in [0.2, 0.25) is 5.91 Å². The Hall–Kier alpha value is -2.02. The minimum atomic E-state index is -1.19. The largest absolute Gasteiger partial charge is 0.480 e. The summed E-state index contributed by atoms with van der Waals surface area (Å²) in [4.78, 5) is 21.5. The van der Waals surface area contributed by atoms with Crippen LogP contribution in [0, 0.1) is 11.6 Å². The molecule has 2 N–H and O–H groups in total. The van der Waals surface area contributed by atoms with Crippen molar-refractivity contribution >= 4 is 11.9 Å². The third-order valence-corrected chi connectivity index (χ3v) is 2.27. The zero-order valence-electron chi connectivity index (χ0n) is 10.2. The van der Waals surface area contributed by atoms with E-state index in [4.69, 9.17) is 5.11 Å². The zero-order valence-corrected chi connectivity index (χ0v) is 10.2. The maximum atomic E-state index is 13.4. The second kappa shape index (κ2) is 6.79. The molecule has 0 saturated heterocycles. The van der Waals surface area contributed by atoms with Crippen molar-refractivity contribution in [3.05, 3.63) is 35.4 Å². The number of halogens is 2. The monoisotopic (exact) mass is 273 g/mol. The lowest BCUT2D eigenvalue weighted by Crippen LogP contribution is -2.31. The number of ether oxygens (including phenoxy) is 1. The second-order valence-electron chi connectivity index (χ2n) is 3.84. The Kier molecular flexibility index (Phi) is 5.37. The van der Waals surface area contributed by atoms with Gasteiger partial charge in [-0.15, -0.1) is 0 Å². The van der Waals surface area contributed by atoms with Crippen LogP contribution in [0.3, 0.4) is 0 Å². The molecular weight excluding hydrogens is 260 g/mol. The topological polar surface area (TPSA) is 75.6 Å². The number of carboxylic acid groups (broad SMARTS) is 1. The fourth-order valence-corrected chi connectivity index (χ4v) is 1.44. The first-order valence-electron chi connectivity index (χ1n) is 5.44. The summed E-state index contributed by atoms with van der Waals surface area (Å²) in [6.07, 6.45) is 0. The molecule has 0 aliphatic carbocycles. The highest BCUT2D eigenvalue weighted by Crippen LogP contribution is 2.17. The van der Waals surface area contributed by atoms with E-state index in [1.807, 2.05) is 0 Å². The van der Waals surface area contributed by atoms with Crippen molar-refractivity contribution in [3.63, 3.8) is 0 Å². The van der Waals surface area contributed by atoms with Gasteiger partial charge in [0.1, 0.15) is 24.8 Å². The van der Waals surface area contributed by atoms with Crippen molar-refractivity contribution in [1.82, 2.24) is 5.32 Å². The van der Waals surface area contributed by atoms with E-state index in [0.29, 0.717) is 0 Å². The molecule has 0 heterocycles. The number of aliphatic carboxylic acids is 1. The highest BCUT2D eigenvalue weighted by molar-refractivity contribution is 5.78. The first-order valence-corrected chi connectivity index (χ1v) is 5.44. The third-order valence-electron chi connectivity index (χ3n) is 2.27. The van der Waals surface area contributed by atoms with Crippen LogP contribution < -0.4 is 5.32 Å². The van der Waals surface area contributed by atoms with Crippen LogP contribution >= 0.6 is 0 Å². The number of hydrogen-bond donors (Lipinski definition) is 2. The summed E-state index contributed by atoms with van der Waals surface area (Å²) in [5.41, 5.74) is 0.132. The van der Waals surface area contributed by atoms with Gasteiger partial charge >= 0.3 is 5.97 Å². The Labute approximate surface area is 108 Å². The van der Waals surface area contributed by atoms with Gasteiger partial charge in [-0.1, -0.05) is 6.07 Å². The van der Waals surface area contributed by atoms with Gasteiger partial charge in [0.15, 0.2) is 0 Å². The lowest BCUT2D eigenvalue weighted by Gasteiger charge is -2.15. The van der Waals surface area contributed by atoms with Gasteiger partial charge in [-0.3, -0.25) is 4.79 Å². The molecule has 0 aliphatic heterocycles. The molecule has 1 unspecified atom stereocenters. The average molecular weight is 273 g/mol. The molecule has 0 aromatic heterocycles. The molecule has 1 rings (SSSR count). The van der Waals surface area contributed by atoms with E-state index < -0.39 is 42.8 Å². The van der Waals surface area contributed by atoms with Crippen molar-refractivity contribution in [2.75, 3.05) is 13.2 Å². The average Bonchev–Trinajstić information content (AvgIpc) is 2.27. The molecule has 19 heavy (non-hydrogen) atoms. The summed E-state index contributed by atoms with van der Waals surface area (Å²) >= 11 is 0. The Morgan fingerprint density at radius 1 is 1.37 bits per heavy atom. The molecule has 0 saturated carbocycles. The van der Waals surface area contributed by atoms with Crippen LogP contribution in [0.25, 0.3) is 0 Å². The number of carbonyl (C=O) groups is 2. The van der Waals surface area contributed by atoms with Crippen LogP contribution in [0.5, 0.6) is 0 Å². The van der Waals surface area contributed by atoms with Crippen molar-refractivity contribution < 1.29 is 28.2 Å². The molecule has 0 fully saturated rings. The number of hydrogen-bond acceptors (Lipinski definition) is 3. The molecule has 104 valence electrons. The van der Waals surface area contributed by atoms with Crippen LogP contribution in [0.2, 0.25) is 0 Å². The van der Waals surface area contributed by atoms with E-state index in [9.17, 15) is 18.4 Å². The van der Waals surface area contributed by atoms with Crippen LogP contribution in [0.4, 0.5) is 8.78 Å². The Morgan fingerprint density at radius 2 is 2.05 bits per heavy atom. The highest BCUT2D eigenvalue weighted by atomic mass is 19.1. The molecule has 0 radical (unpaired) electrons. The fraction of sp³-hybridized carbons (Fsp3) is 0.333. The van der Waals surface area contributed by atoms with Gasteiger partial charge in [0, 0.05) is 11.6 Å². The Balaban J connectivity index is 2.52. The predicted molar refractivity (Wildman–Crippen MR) is 61.4 cm³/mol. The minimum absolute atomic E-state index is 0.132.